The van der Waals surface area contributed by atoms with E-state index < -0.39 is 6.04 Å². The SMILES string of the molecule is CC(c1cncnc1)N1CCC(c2ccc3c(c2)CN(C2CCC(=O)NC2=O)C3=O)CC1. The van der Waals surface area contributed by atoms with Crippen molar-refractivity contribution in [2.24, 2.45) is 0 Å². The van der Waals surface area contributed by atoms with Crippen LogP contribution in [0.2, 0.25) is 0 Å². The number of imide groups is 1. The highest BCUT2D eigenvalue weighted by Crippen LogP contribution is 2.35. The smallest absolute Gasteiger partial charge is 0.255 e. The zero-order chi connectivity index (χ0) is 22.2. The number of aromatic nitrogens is 2. The fraction of sp³-hybridized carbons (Fsp3) is 0.458. The fourth-order valence-corrected chi connectivity index (χ4v) is 5.21. The van der Waals surface area contributed by atoms with Gasteiger partial charge < -0.3 is 4.90 Å². The minimum absolute atomic E-state index is 0.116. The van der Waals surface area contributed by atoms with Gasteiger partial charge in [0.25, 0.3) is 5.91 Å². The number of amides is 3. The van der Waals surface area contributed by atoms with Crippen molar-refractivity contribution in [2.75, 3.05) is 13.1 Å². The van der Waals surface area contributed by atoms with Crippen molar-refractivity contribution in [2.45, 2.75) is 57.2 Å². The molecule has 0 bridgehead atoms. The highest BCUT2D eigenvalue weighted by molar-refractivity contribution is 6.05. The largest absolute Gasteiger partial charge is 0.322 e. The summed E-state index contributed by atoms with van der Waals surface area (Å²) in [5.41, 5.74) is 4.05. The highest BCUT2D eigenvalue weighted by Gasteiger charge is 2.39. The number of hydrogen-bond donors (Lipinski definition) is 1. The minimum Gasteiger partial charge on any atom is -0.322 e. The van der Waals surface area contributed by atoms with Gasteiger partial charge in [0, 0.05) is 42.5 Å². The number of likely N-dealkylation sites (tertiary alicyclic amines) is 1. The summed E-state index contributed by atoms with van der Waals surface area (Å²) < 4.78 is 0. The lowest BCUT2D eigenvalue weighted by Crippen LogP contribution is -2.52. The molecule has 8 heteroatoms. The van der Waals surface area contributed by atoms with Gasteiger partial charge in [0.2, 0.25) is 11.8 Å². The van der Waals surface area contributed by atoms with E-state index in [0.717, 1.165) is 37.1 Å². The van der Waals surface area contributed by atoms with Crippen LogP contribution in [-0.4, -0.2) is 56.6 Å². The Morgan fingerprint density at radius 1 is 1.06 bits per heavy atom. The van der Waals surface area contributed by atoms with Crippen molar-refractivity contribution in [3.8, 4) is 0 Å². The molecule has 8 nitrogen and oxygen atoms in total. The van der Waals surface area contributed by atoms with Crippen LogP contribution >= 0.6 is 0 Å². The second-order valence-corrected chi connectivity index (χ2v) is 8.97. The van der Waals surface area contributed by atoms with E-state index in [9.17, 15) is 14.4 Å². The molecular weight excluding hydrogens is 406 g/mol. The molecule has 1 N–H and O–H groups in total. The molecule has 5 rings (SSSR count). The van der Waals surface area contributed by atoms with E-state index >= 15 is 0 Å². The minimum atomic E-state index is -0.567. The van der Waals surface area contributed by atoms with Crippen LogP contribution in [0.3, 0.4) is 0 Å². The molecule has 2 saturated heterocycles. The van der Waals surface area contributed by atoms with Gasteiger partial charge in [0.05, 0.1) is 0 Å². The quantitative estimate of drug-likeness (QED) is 0.743. The Morgan fingerprint density at radius 3 is 2.53 bits per heavy atom. The summed E-state index contributed by atoms with van der Waals surface area (Å²) >= 11 is 0. The first-order valence-corrected chi connectivity index (χ1v) is 11.3. The predicted molar refractivity (Wildman–Crippen MR) is 116 cm³/mol. The number of nitrogens with one attached hydrogen (secondary N) is 1. The lowest BCUT2D eigenvalue weighted by atomic mass is 9.87. The first-order valence-electron chi connectivity index (χ1n) is 11.3. The van der Waals surface area contributed by atoms with Crippen molar-refractivity contribution in [1.82, 2.24) is 25.1 Å². The van der Waals surface area contributed by atoms with Crippen molar-refractivity contribution in [3.63, 3.8) is 0 Å². The Labute approximate surface area is 187 Å². The zero-order valence-corrected chi connectivity index (χ0v) is 18.2. The topological polar surface area (TPSA) is 95.5 Å². The summed E-state index contributed by atoms with van der Waals surface area (Å²) in [5, 5.41) is 2.36. The summed E-state index contributed by atoms with van der Waals surface area (Å²) in [6.45, 7) is 4.63. The fourth-order valence-electron chi connectivity index (χ4n) is 5.21. The lowest BCUT2D eigenvalue weighted by Gasteiger charge is -2.36. The normalized spacial score (nSPS) is 23.2. The third-order valence-electron chi connectivity index (χ3n) is 7.16. The van der Waals surface area contributed by atoms with Crippen LogP contribution in [0, 0.1) is 0 Å². The average Bonchev–Trinajstić information content (AvgIpc) is 3.15. The van der Waals surface area contributed by atoms with Crippen LogP contribution < -0.4 is 5.32 Å². The van der Waals surface area contributed by atoms with E-state index in [1.165, 1.54) is 5.56 Å². The molecule has 4 heterocycles. The van der Waals surface area contributed by atoms with E-state index in [0.29, 0.717) is 24.4 Å². The molecule has 0 radical (unpaired) electrons. The van der Waals surface area contributed by atoms with Crippen LogP contribution in [0.25, 0.3) is 0 Å². The van der Waals surface area contributed by atoms with Crippen LogP contribution in [0.4, 0.5) is 0 Å². The summed E-state index contributed by atoms with van der Waals surface area (Å²) in [6.07, 6.45) is 8.10. The molecule has 2 atom stereocenters. The summed E-state index contributed by atoms with van der Waals surface area (Å²) in [5.74, 6) is -0.295. The van der Waals surface area contributed by atoms with Crippen molar-refractivity contribution >= 4 is 17.7 Å². The maximum Gasteiger partial charge on any atom is 0.255 e. The van der Waals surface area contributed by atoms with Gasteiger partial charge in [0.1, 0.15) is 12.4 Å². The first-order chi connectivity index (χ1) is 15.5. The molecule has 3 aliphatic rings. The predicted octanol–water partition coefficient (Wildman–Crippen LogP) is 2.18. The van der Waals surface area contributed by atoms with E-state index in [-0.39, 0.29) is 30.2 Å². The number of piperidine rings is 2. The Bertz CT molecular complexity index is 1050. The maximum absolute atomic E-state index is 12.9. The molecular formula is C24H27N5O3. The Hall–Kier alpha value is -3.13. The number of hydrogen-bond acceptors (Lipinski definition) is 6. The van der Waals surface area contributed by atoms with E-state index in [1.807, 2.05) is 18.5 Å². The average molecular weight is 434 g/mol. The molecule has 1 aromatic carbocycles. The van der Waals surface area contributed by atoms with Crippen LogP contribution in [-0.2, 0) is 16.1 Å². The number of carbonyl (C=O) groups is 3. The molecule has 2 aromatic rings. The Balaban J connectivity index is 1.25. The molecule has 0 aliphatic carbocycles. The van der Waals surface area contributed by atoms with E-state index in [4.69, 9.17) is 0 Å². The number of benzene rings is 1. The van der Waals surface area contributed by atoms with Gasteiger partial charge in [-0.15, -0.1) is 0 Å². The monoisotopic (exact) mass is 433 g/mol. The van der Waals surface area contributed by atoms with Crippen LogP contribution in [0.1, 0.15) is 71.6 Å². The van der Waals surface area contributed by atoms with Gasteiger partial charge >= 0.3 is 0 Å². The Morgan fingerprint density at radius 2 is 1.81 bits per heavy atom. The molecule has 0 spiro atoms. The molecule has 166 valence electrons. The molecule has 3 amide bonds. The summed E-state index contributed by atoms with van der Waals surface area (Å²) in [6, 6.07) is 5.85. The summed E-state index contributed by atoms with van der Waals surface area (Å²) in [4.78, 5) is 49.0. The number of rotatable bonds is 4. The van der Waals surface area contributed by atoms with Gasteiger partial charge in [-0.3, -0.25) is 24.6 Å². The zero-order valence-electron chi connectivity index (χ0n) is 18.2. The van der Waals surface area contributed by atoms with E-state index in [1.54, 1.807) is 11.2 Å². The van der Waals surface area contributed by atoms with Crippen molar-refractivity contribution < 1.29 is 14.4 Å². The van der Waals surface area contributed by atoms with Gasteiger partial charge in [-0.1, -0.05) is 12.1 Å². The number of fused-ring (bicyclic) bond motifs is 1. The molecule has 0 saturated carbocycles. The highest BCUT2D eigenvalue weighted by atomic mass is 16.2. The standard InChI is InChI=1S/C24H27N5O3/c1-15(19-11-25-14-26-12-19)28-8-6-16(7-9-28)17-2-3-20-18(10-17)13-29(24(20)32)21-4-5-22(30)27-23(21)31/h2-3,10-12,14-16,21H,4-9,13H2,1H3,(H,27,30,31). The van der Waals surface area contributed by atoms with Gasteiger partial charge in [-0.25, -0.2) is 9.97 Å². The lowest BCUT2D eigenvalue weighted by molar-refractivity contribution is -0.136. The van der Waals surface area contributed by atoms with Crippen molar-refractivity contribution in [1.29, 1.82) is 0 Å². The van der Waals surface area contributed by atoms with Crippen LogP contribution in [0.5, 0.6) is 0 Å². The third-order valence-corrected chi connectivity index (χ3v) is 7.16. The molecule has 2 fully saturated rings. The number of carbonyl (C=O) groups excluding carboxylic acids is 3. The maximum atomic E-state index is 12.9. The number of nitrogens with zero attached hydrogens (tertiary/aromatic N) is 4. The molecule has 2 unspecified atom stereocenters. The van der Waals surface area contributed by atoms with Crippen LogP contribution in [0.15, 0.2) is 36.9 Å². The van der Waals surface area contributed by atoms with Gasteiger partial charge in [-0.2, -0.15) is 0 Å². The van der Waals surface area contributed by atoms with Gasteiger partial charge in [-0.05, 0) is 62.4 Å². The third kappa shape index (κ3) is 3.79. The van der Waals surface area contributed by atoms with Crippen molar-refractivity contribution in [3.05, 3.63) is 59.2 Å². The second-order valence-electron chi connectivity index (χ2n) is 8.97. The molecule has 3 aliphatic heterocycles. The summed E-state index contributed by atoms with van der Waals surface area (Å²) in [7, 11) is 0. The van der Waals surface area contributed by atoms with E-state index in [2.05, 4.69) is 39.2 Å². The molecule has 32 heavy (non-hydrogen) atoms. The first kappa shape index (κ1) is 20.8. The molecule has 1 aromatic heterocycles. The second kappa shape index (κ2) is 8.43. The Kier molecular flexibility index (Phi) is 5.46. The van der Waals surface area contributed by atoms with Gasteiger partial charge in [0.15, 0.2) is 0 Å².